The van der Waals surface area contributed by atoms with Crippen molar-refractivity contribution in [2.24, 2.45) is 0 Å². The van der Waals surface area contributed by atoms with Crippen LogP contribution in [0.15, 0.2) is 91.0 Å². The number of carbonyl (C=O) groups is 3. The van der Waals surface area contributed by atoms with Crippen LogP contribution in [0.1, 0.15) is 36.6 Å². The summed E-state index contributed by atoms with van der Waals surface area (Å²) in [4.78, 5) is 59.9. The number of non-ortho nitro benzene ring substituents is 2. The summed E-state index contributed by atoms with van der Waals surface area (Å²) < 4.78 is 11.0. The van der Waals surface area contributed by atoms with Crippen molar-refractivity contribution in [3.05, 3.63) is 133 Å². The first-order chi connectivity index (χ1) is 19.2. The molecule has 4 aromatic carbocycles. The molecule has 1 aliphatic rings. The van der Waals surface area contributed by atoms with E-state index in [9.17, 15) is 34.6 Å². The third-order valence-corrected chi connectivity index (χ3v) is 6.02. The number of benzene rings is 4. The van der Waals surface area contributed by atoms with E-state index < -0.39 is 27.6 Å². The summed E-state index contributed by atoms with van der Waals surface area (Å²) in [5, 5.41) is 21.6. The fourth-order valence-corrected chi connectivity index (χ4v) is 3.98. The van der Waals surface area contributed by atoms with E-state index in [0.717, 1.165) is 4.90 Å². The summed E-state index contributed by atoms with van der Waals surface area (Å²) in [6, 6.07) is 21.3. The van der Waals surface area contributed by atoms with Gasteiger partial charge < -0.3 is 9.47 Å². The van der Waals surface area contributed by atoms with Crippen LogP contribution in [0.3, 0.4) is 0 Å². The lowest BCUT2D eigenvalue weighted by Crippen LogP contribution is -2.29. The molecule has 0 atom stereocenters. The zero-order valence-electron chi connectivity index (χ0n) is 20.4. The van der Waals surface area contributed by atoms with Gasteiger partial charge in [0.05, 0.1) is 32.2 Å². The molecule has 0 aromatic heterocycles. The molecular weight excluding hydrogens is 522 g/mol. The molecule has 0 radical (unpaired) electrons. The molecule has 0 saturated heterocycles. The maximum absolute atomic E-state index is 13.0. The summed E-state index contributed by atoms with van der Waals surface area (Å²) in [6.07, 6.45) is 0. The standard InChI is InChI=1S/C28H17N3O9/c32-26-24-14-3-18(15-25(24)27(33)29(26)19-4-6-20(7-5-19)30(35)36)28(34)39-16-17-1-10-22(11-2-17)40-23-12-8-21(9-13-23)31(37)38/h1-15H,16H2. The molecule has 12 heteroatoms. The first-order valence-electron chi connectivity index (χ1n) is 11.7. The number of esters is 1. The highest BCUT2D eigenvalue weighted by molar-refractivity contribution is 6.34. The average Bonchev–Trinajstić information content (AvgIpc) is 3.21. The van der Waals surface area contributed by atoms with Gasteiger partial charge >= 0.3 is 5.97 Å². The van der Waals surface area contributed by atoms with E-state index in [0.29, 0.717) is 17.1 Å². The Morgan fingerprint density at radius 3 is 1.80 bits per heavy atom. The monoisotopic (exact) mass is 539 g/mol. The zero-order valence-corrected chi connectivity index (χ0v) is 20.4. The van der Waals surface area contributed by atoms with E-state index in [4.69, 9.17) is 9.47 Å². The third kappa shape index (κ3) is 5.09. The molecule has 0 spiro atoms. The van der Waals surface area contributed by atoms with Gasteiger partial charge in [0.1, 0.15) is 18.1 Å². The van der Waals surface area contributed by atoms with Crippen LogP contribution in [-0.2, 0) is 11.3 Å². The van der Waals surface area contributed by atoms with Crippen molar-refractivity contribution < 1.29 is 33.7 Å². The van der Waals surface area contributed by atoms with Crippen LogP contribution in [0.4, 0.5) is 17.1 Å². The zero-order chi connectivity index (χ0) is 28.4. The number of nitro groups is 2. The number of nitro benzene ring substituents is 2. The van der Waals surface area contributed by atoms with Gasteiger partial charge in [0, 0.05) is 24.3 Å². The van der Waals surface area contributed by atoms with E-state index in [1.54, 1.807) is 24.3 Å². The van der Waals surface area contributed by atoms with Gasteiger partial charge in [-0.3, -0.25) is 29.8 Å². The molecule has 0 bridgehead atoms. The number of amides is 2. The summed E-state index contributed by atoms with van der Waals surface area (Å²) in [5.74, 6) is -1.08. The Morgan fingerprint density at radius 2 is 1.23 bits per heavy atom. The minimum atomic E-state index is -0.706. The minimum Gasteiger partial charge on any atom is -0.457 e. The van der Waals surface area contributed by atoms with E-state index >= 15 is 0 Å². The molecule has 0 unspecified atom stereocenters. The fraction of sp³-hybridized carbons (Fsp3) is 0.0357. The highest BCUT2D eigenvalue weighted by Gasteiger charge is 2.37. The quantitative estimate of drug-likeness (QED) is 0.123. The molecule has 40 heavy (non-hydrogen) atoms. The molecule has 0 aliphatic carbocycles. The van der Waals surface area contributed by atoms with Crippen molar-refractivity contribution in [3.63, 3.8) is 0 Å². The molecule has 2 amide bonds. The third-order valence-electron chi connectivity index (χ3n) is 6.02. The van der Waals surface area contributed by atoms with Crippen LogP contribution in [0.25, 0.3) is 0 Å². The van der Waals surface area contributed by atoms with Crippen molar-refractivity contribution >= 4 is 34.8 Å². The molecule has 1 aliphatic heterocycles. The molecule has 1 heterocycles. The summed E-state index contributed by atoms with van der Waals surface area (Å²) in [5.41, 5.74) is 0.781. The van der Waals surface area contributed by atoms with Crippen LogP contribution in [0.2, 0.25) is 0 Å². The Morgan fingerprint density at radius 1 is 0.700 bits per heavy atom. The van der Waals surface area contributed by atoms with Gasteiger partial charge in [-0.15, -0.1) is 0 Å². The van der Waals surface area contributed by atoms with E-state index in [-0.39, 0.29) is 40.4 Å². The van der Waals surface area contributed by atoms with Crippen LogP contribution in [-0.4, -0.2) is 27.6 Å². The SMILES string of the molecule is O=C(OCc1ccc(Oc2ccc([N+](=O)[O-])cc2)cc1)c1ccc2c(c1)C(=O)N(c1ccc([N+](=O)[O-])cc1)C2=O. The minimum absolute atomic E-state index is 0.0190. The number of imide groups is 1. The van der Waals surface area contributed by atoms with Gasteiger partial charge in [0.25, 0.3) is 23.2 Å². The molecule has 198 valence electrons. The highest BCUT2D eigenvalue weighted by Crippen LogP contribution is 2.30. The maximum atomic E-state index is 13.0. The average molecular weight is 539 g/mol. The van der Waals surface area contributed by atoms with Crippen molar-refractivity contribution in [2.75, 3.05) is 4.90 Å². The number of ether oxygens (including phenoxy) is 2. The number of rotatable bonds is 8. The van der Waals surface area contributed by atoms with Crippen LogP contribution in [0.5, 0.6) is 11.5 Å². The normalized spacial score (nSPS) is 12.2. The lowest BCUT2D eigenvalue weighted by Gasteiger charge is -2.13. The van der Waals surface area contributed by atoms with Crippen molar-refractivity contribution in [2.45, 2.75) is 6.61 Å². The number of hydrogen-bond acceptors (Lipinski definition) is 9. The Balaban J connectivity index is 1.22. The predicted octanol–water partition coefficient (Wildman–Crippen LogP) is 5.45. The number of nitrogens with zero attached hydrogens (tertiary/aromatic N) is 3. The van der Waals surface area contributed by atoms with Crippen LogP contribution >= 0.6 is 0 Å². The number of carbonyl (C=O) groups excluding carboxylic acids is 3. The summed E-state index contributed by atoms with van der Waals surface area (Å²) in [7, 11) is 0. The van der Waals surface area contributed by atoms with Gasteiger partial charge in [-0.2, -0.15) is 0 Å². The molecule has 5 rings (SSSR count). The smallest absolute Gasteiger partial charge is 0.338 e. The Labute approximate surface area is 225 Å². The first-order valence-corrected chi connectivity index (χ1v) is 11.7. The van der Waals surface area contributed by atoms with E-state index in [1.165, 1.54) is 66.7 Å². The van der Waals surface area contributed by atoms with Gasteiger partial charge in [-0.05, 0) is 60.2 Å². The van der Waals surface area contributed by atoms with Crippen molar-refractivity contribution in [1.29, 1.82) is 0 Å². The molecule has 0 saturated carbocycles. The van der Waals surface area contributed by atoms with Crippen molar-refractivity contribution in [3.8, 4) is 11.5 Å². The highest BCUT2D eigenvalue weighted by atomic mass is 16.6. The fourth-order valence-electron chi connectivity index (χ4n) is 3.98. The van der Waals surface area contributed by atoms with Gasteiger partial charge in [-0.1, -0.05) is 12.1 Å². The topological polar surface area (TPSA) is 159 Å². The lowest BCUT2D eigenvalue weighted by molar-refractivity contribution is -0.385. The van der Waals surface area contributed by atoms with Gasteiger partial charge in [-0.25, -0.2) is 9.69 Å². The molecule has 4 aromatic rings. The summed E-state index contributed by atoms with van der Waals surface area (Å²) in [6.45, 7) is -0.0739. The summed E-state index contributed by atoms with van der Waals surface area (Å²) >= 11 is 0. The lowest BCUT2D eigenvalue weighted by atomic mass is 10.1. The molecule has 12 nitrogen and oxygen atoms in total. The predicted molar refractivity (Wildman–Crippen MR) is 139 cm³/mol. The molecule has 0 N–H and O–H groups in total. The second-order valence-corrected chi connectivity index (χ2v) is 8.55. The Hall–Kier alpha value is -5.91. The van der Waals surface area contributed by atoms with E-state index in [1.807, 2.05) is 0 Å². The number of hydrogen-bond donors (Lipinski definition) is 0. The second kappa shape index (κ2) is 10.5. The van der Waals surface area contributed by atoms with Gasteiger partial charge in [0.15, 0.2) is 0 Å². The molecular formula is C28H17N3O9. The number of fused-ring (bicyclic) bond motifs is 1. The maximum Gasteiger partial charge on any atom is 0.338 e. The largest absolute Gasteiger partial charge is 0.457 e. The molecule has 0 fully saturated rings. The Bertz CT molecular complexity index is 1670. The second-order valence-electron chi connectivity index (χ2n) is 8.55. The van der Waals surface area contributed by atoms with Crippen molar-refractivity contribution in [1.82, 2.24) is 0 Å². The van der Waals surface area contributed by atoms with Crippen LogP contribution < -0.4 is 9.64 Å². The van der Waals surface area contributed by atoms with Gasteiger partial charge in [0.2, 0.25) is 0 Å². The first kappa shape index (κ1) is 25.7. The van der Waals surface area contributed by atoms with Crippen LogP contribution in [0, 0.1) is 20.2 Å². The number of anilines is 1. The Kier molecular flexibility index (Phi) is 6.72. The van der Waals surface area contributed by atoms with E-state index in [2.05, 4.69) is 0 Å².